The van der Waals surface area contributed by atoms with Gasteiger partial charge in [-0.15, -0.1) is 0 Å². The van der Waals surface area contributed by atoms with Crippen LogP contribution in [0.15, 0.2) is 6.33 Å². The van der Waals surface area contributed by atoms with Crippen LogP contribution in [0, 0.1) is 0 Å². The van der Waals surface area contributed by atoms with Crippen LogP contribution in [0.2, 0.25) is 0 Å². The topological polar surface area (TPSA) is 63.8 Å². The first kappa shape index (κ1) is 10.2. The van der Waals surface area contributed by atoms with Crippen molar-refractivity contribution in [3.63, 3.8) is 0 Å². The second-order valence-corrected chi connectivity index (χ2v) is 4.86. The van der Waals surface area contributed by atoms with E-state index in [1.807, 2.05) is 0 Å². The van der Waals surface area contributed by atoms with Gasteiger partial charge in [0, 0.05) is 11.1 Å². The van der Waals surface area contributed by atoms with Crippen LogP contribution < -0.4 is 11.1 Å². The van der Waals surface area contributed by atoms with Crippen molar-refractivity contribution in [3.8, 4) is 0 Å². The average Bonchev–Trinajstić information content (AvgIpc) is 2.82. The summed E-state index contributed by atoms with van der Waals surface area (Å²) in [7, 11) is 0. The Morgan fingerprint density at radius 2 is 2.07 bits per heavy atom. The van der Waals surface area contributed by atoms with Gasteiger partial charge in [0.2, 0.25) is 0 Å². The molecule has 0 bridgehead atoms. The van der Waals surface area contributed by atoms with E-state index in [9.17, 15) is 0 Å². The molecule has 1 aliphatic rings. The van der Waals surface area contributed by atoms with E-state index in [-0.39, 0.29) is 5.54 Å². The second-order valence-electron chi connectivity index (χ2n) is 4.86. The van der Waals surface area contributed by atoms with Crippen molar-refractivity contribution in [1.29, 1.82) is 0 Å². The van der Waals surface area contributed by atoms with Gasteiger partial charge in [-0.2, -0.15) is 0 Å². The molecule has 0 radical (unpaired) electrons. The number of hydrogen-bond donors (Lipinski definition) is 2. The Morgan fingerprint density at radius 3 is 2.60 bits per heavy atom. The highest BCUT2D eigenvalue weighted by Crippen LogP contribution is 2.39. The number of nitrogens with two attached hydrogens (primary N) is 1. The number of nitrogens with zero attached hydrogens (tertiary/aromatic N) is 2. The van der Waals surface area contributed by atoms with Crippen LogP contribution in [0.5, 0.6) is 0 Å². The van der Waals surface area contributed by atoms with Gasteiger partial charge in [-0.1, -0.05) is 13.8 Å². The first-order chi connectivity index (χ1) is 7.02. The summed E-state index contributed by atoms with van der Waals surface area (Å²) in [6, 6.07) is 0. The van der Waals surface area contributed by atoms with Gasteiger partial charge in [0.05, 0.1) is 0 Å². The molecule has 0 saturated heterocycles. The molecule has 1 heterocycles. The molecule has 4 heteroatoms. The fourth-order valence-corrected chi connectivity index (χ4v) is 1.68. The molecule has 1 aromatic rings. The zero-order chi connectivity index (χ0) is 11.1. The van der Waals surface area contributed by atoms with Gasteiger partial charge in [0.15, 0.2) is 0 Å². The Kier molecular flexibility index (Phi) is 2.29. The molecule has 0 atom stereocenters. The van der Waals surface area contributed by atoms with Crippen LogP contribution in [0.3, 0.4) is 0 Å². The van der Waals surface area contributed by atoms with E-state index in [0.717, 1.165) is 11.4 Å². The number of nitrogen functional groups attached to an aromatic ring is 1. The predicted octanol–water partition coefficient (Wildman–Crippen LogP) is 2.15. The standard InChI is InChI=1S/C11H18N4/c1-7(2)8-9(12)13-6-14-10(8)15-11(3)4-5-11/h6-7H,4-5H2,1-3H3,(H3,12,13,14,15). The molecule has 15 heavy (non-hydrogen) atoms. The summed E-state index contributed by atoms with van der Waals surface area (Å²) in [6.45, 7) is 6.42. The molecule has 2 rings (SSSR count). The van der Waals surface area contributed by atoms with Gasteiger partial charge in [-0.3, -0.25) is 0 Å². The molecule has 4 nitrogen and oxygen atoms in total. The molecule has 0 amide bonds. The lowest BCUT2D eigenvalue weighted by Crippen LogP contribution is -2.19. The fraction of sp³-hybridized carbons (Fsp3) is 0.636. The van der Waals surface area contributed by atoms with Crippen molar-refractivity contribution < 1.29 is 0 Å². The average molecular weight is 206 g/mol. The lowest BCUT2D eigenvalue weighted by molar-refractivity contribution is 0.794. The molecule has 82 valence electrons. The Morgan fingerprint density at radius 1 is 1.40 bits per heavy atom. The van der Waals surface area contributed by atoms with Crippen molar-refractivity contribution >= 4 is 11.6 Å². The molecule has 0 aliphatic heterocycles. The summed E-state index contributed by atoms with van der Waals surface area (Å²) in [6.07, 6.45) is 3.93. The van der Waals surface area contributed by atoms with Gasteiger partial charge in [-0.05, 0) is 25.7 Å². The monoisotopic (exact) mass is 206 g/mol. The minimum atomic E-state index is 0.227. The van der Waals surface area contributed by atoms with E-state index in [0.29, 0.717) is 11.7 Å². The van der Waals surface area contributed by atoms with E-state index in [1.165, 1.54) is 19.2 Å². The SMILES string of the molecule is CC(C)c1c(N)ncnc1NC1(C)CC1. The molecule has 1 fully saturated rings. The normalized spacial score (nSPS) is 17.9. The first-order valence-electron chi connectivity index (χ1n) is 5.40. The Labute approximate surface area is 90.3 Å². The third-order valence-corrected chi connectivity index (χ3v) is 2.91. The summed E-state index contributed by atoms with van der Waals surface area (Å²) in [5.74, 6) is 1.83. The summed E-state index contributed by atoms with van der Waals surface area (Å²) >= 11 is 0. The summed E-state index contributed by atoms with van der Waals surface area (Å²) < 4.78 is 0. The van der Waals surface area contributed by atoms with Crippen molar-refractivity contribution in [1.82, 2.24) is 9.97 Å². The highest BCUT2D eigenvalue weighted by atomic mass is 15.1. The van der Waals surface area contributed by atoms with Crippen LogP contribution in [-0.2, 0) is 0 Å². The van der Waals surface area contributed by atoms with E-state index >= 15 is 0 Å². The maximum absolute atomic E-state index is 5.87. The second kappa shape index (κ2) is 3.36. The lowest BCUT2D eigenvalue weighted by atomic mass is 10.0. The van der Waals surface area contributed by atoms with Crippen LogP contribution in [-0.4, -0.2) is 15.5 Å². The summed E-state index contributed by atoms with van der Waals surface area (Å²) in [5, 5.41) is 3.45. The third-order valence-electron chi connectivity index (χ3n) is 2.91. The minimum absolute atomic E-state index is 0.227. The van der Waals surface area contributed by atoms with Crippen LogP contribution in [0.25, 0.3) is 0 Å². The van der Waals surface area contributed by atoms with E-state index in [1.54, 1.807) is 0 Å². The predicted molar refractivity (Wildman–Crippen MR) is 61.8 cm³/mol. The molecule has 0 spiro atoms. The largest absolute Gasteiger partial charge is 0.383 e. The zero-order valence-electron chi connectivity index (χ0n) is 9.54. The molecule has 0 aromatic carbocycles. The van der Waals surface area contributed by atoms with Crippen molar-refractivity contribution in [2.75, 3.05) is 11.1 Å². The quantitative estimate of drug-likeness (QED) is 0.795. The molecule has 1 aromatic heterocycles. The molecule has 1 saturated carbocycles. The molecular weight excluding hydrogens is 188 g/mol. The van der Waals surface area contributed by atoms with Crippen molar-refractivity contribution in [2.45, 2.75) is 45.1 Å². The molecule has 0 unspecified atom stereocenters. The van der Waals surface area contributed by atoms with E-state index in [2.05, 4.69) is 36.1 Å². The van der Waals surface area contributed by atoms with Crippen molar-refractivity contribution in [3.05, 3.63) is 11.9 Å². The van der Waals surface area contributed by atoms with Crippen LogP contribution >= 0.6 is 0 Å². The third kappa shape index (κ3) is 2.03. The molecular formula is C11H18N4. The van der Waals surface area contributed by atoms with Crippen LogP contribution in [0.4, 0.5) is 11.6 Å². The minimum Gasteiger partial charge on any atom is -0.383 e. The van der Waals surface area contributed by atoms with Gasteiger partial charge >= 0.3 is 0 Å². The maximum Gasteiger partial charge on any atom is 0.135 e. The van der Waals surface area contributed by atoms with Gasteiger partial charge in [-0.25, -0.2) is 9.97 Å². The van der Waals surface area contributed by atoms with Gasteiger partial charge in [0.25, 0.3) is 0 Å². The lowest BCUT2D eigenvalue weighted by Gasteiger charge is -2.18. The summed E-state index contributed by atoms with van der Waals surface area (Å²) in [5.41, 5.74) is 7.13. The van der Waals surface area contributed by atoms with E-state index < -0.39 is 0 Å². The van der Waals surface area contributed by atoms with Crippen LogP contribution in [0.1, 0.15) is 45.1 Å². The summed E-state index contributed by atoms with van der Waals surface area (Å²) in [4.78, 5) is 8.32. The maximum atomic E-state index is 5.87. The molecule has 1 aliphatic carbocycles. The number of anilines is 2. The van der Waals surface area contributed by atoms with Gasteiger partial charge < -0.3 is 11.1 Å². The Bertz CT molecular complexity index is 369. The zero-order valence-corrected chi connectivity index (χ0v) is 9.54. The number of nitrogens with one attached hydrogen (secondary N) is 1. The number of aromatic nitrogens is 2. The number of rotatable bonds is 3. The number of hydrogen-bond acceptors (Lipinski definition) is 4. The smallest absolute Gasteiger partial charge is 0.135 e. The highest BCUT2D eigenvalue weighted by Gasteiger charge is 2.38. The molecule has 3 N–H and O–H groups in total. The Balaban J connectivity index is 2.32. The highest BCUT2D eigenvalue weighted by molar-refractivity contribution is 5.58. The fourth-order valence-electron chi connectivity index (χ4n) is 1.68. The first-order valence-corrected chi connectivity index (χ1v) is 5.40. The Hall–Kier alpha value is -1.32. The van der Waals surface area contributed by atoms with E-state index in [4.69, 9.17) is 5.73 Å². The van der Waals surface area contributed by atoms with Crippen molar-refractivity contribution in [2.24, 2.45) is 0 Å². The van der Waals surface area contributed by atoms with Gasteiger partial charge in [0.1, 0.15) is 18.0 Å².